The molecule has 0 spiro atoms. The van der Waals surface area contributed by atoms with Crippen molar-refractivity contribution >= 4 is 75.0 Å². The number of hydrogen-bond acceptors (Lipinski definition) is 5. The lowest BCUT2D eigenvalue weighted by atomic mass is 9.63. The summed E-state index contributed by atoms with van der Waals surface area (Å²) in [5.41, 5.74) is 9.22. The first kappa shape index (κ1) is 55.7. The van der Waals surface area contributed by atoms with Crippen LogP contribution >= 0.6 is 20.1 Å². The molecule has 7 nitrogen and oxygen atoms in total. The van der Waals surface area contributed by atoms with Gasteiger partial charge in [-0.15, -0.1) is 20.1 Å². The van der Waals surface area contributed by atoms with Crippen LogP contribution in [0.4, 0.5) is 11.4 Å². The summed E-state index contributed by atoms with van der Waals surface area (Å²) in [5, 5.41) is 4.57. The molecule has 2 saturated heterocycles. The second-order valence-corrected chi connectivity index (χ2v) is 33.0. The van der Waals surface area contributed by atoms with E-state index < -0.39 is 20.1 Å². The van der Waals surface area contributed by atoms with Gasteiger partial charge in [-0.25, -0.2) is 0 Å². The van der Waals surface area contributed by atoms with E-state index in [1.807, 2.05) is 0 Å². The standard InChI is InChI=1S/C85H71N7S2/c1-57-44-45-60-53-82(60)89(57)62-24-22-34-70(54-62)93(66-26-6-2-7-27-66,67-28-8-3-9-29-67)72-51-61(52-73(56-72)94(68-30-10-4-11-31-68,69-32-12-5-13-33-69)71-35-23-25-63(55-71)90-64-47-58-46-59(49-64)50-65(90)48-58)83-86-84(91-78-40-18-14-36-74(78)75-37-15-19-41-79(75)91)88-85(87-83)92-80-42-20-16-38-76(80)77-39-17-21-43-81(77)92/h2-43,45,51-52,54-59,64-65,82H,44,46-50,53H2,1H3. The summed E-state index contributed by atoms with van der Waals surface area (Å²) in [4.78, 5) is 33.2. The van der Waals surface area contributed by atoms with Crippen molar-refractivity contribution in [1.29, 1.82) is 0 Å². The van der Waals surface area contributed by atoms with Gasteiger partial charge in [0.05, 0.1) is 28.1 Å². The molecule has 2 atom stereocenters. The highest BCUT2D eigenvalue weighted by atomic mass is 32.3. The number of para-hydroxylation sites is 4. The van der Waals surface area contributed by atoms with Gasteiger partial charge in [0.1, 0.15) is 0 Å². The summed E-state index contributed by atoms with van der Waals surface area (Å²) in [6.45, 7) is 2.41. The predicted octanol–water partition coefficient (Wildman–Crippen LogP) is 21.5. The van der Waals surface area contributed by atoms with Crippen LogP contribution in [-0.2, 0) is 0 Å². The van der Waals surface area contributed by atoms with E-state index in [0.717, 1.165) is 73.9 Å². The molecule has 0 radical (unpaired) electrons. The molecule has 458 valence electrons. The summed E-state index contributed by atoms with van der Waals surface area (Å²) in [6.07, 6.45) is 11.2. The molecule has 9 heteroatoms. The van der Waals surface area contributed by atoms with Gasteiger partial charge in [-0.2, -0.15) is 15.0 Å². The Morgan fingerprint density at radius 3 is 1.13 bits per heavy atom. The Morgan fingerprint density at radius 2 is 0.713 bits per heavy atom. The van der Waals surface area contributed by atoms with E-state index in [-0.39, 0.29) is 0 Å². The van der Waals surface area contributed by atoms with Crippen LogP contribution in [-0.4, -0.2) is 48.3 Å². The highest BCUT2D eigenvalue weighted by Gasteiger charge is 2.48. The number of anilines is 2. The van der Waals surface area contributed by atoms with Crippen LogP contribution in [0.2, 0.25) is 0 Å². The van der Waals surface area contributed by atoms with E-state index >= 15 is 0 Å². The third-order valence-corrected chi connectivity index (χ3v) is 29.2. The number of hydrogen-bond donors (Lipinski definition) is 0. The SMILES string of the molecule is CC1CC=C2CC2N1c1cccc(S(c2ccccc2)(c2ccccc2)c2cc(-c3nc(-n4c5ccccc5c5ccccc54)nc(-n4c5ccccc5c5ccccc54)n3)cc(S(c3ccccc3)(c3ccccc3)c3cccc(N4C5CC6CC(C5)CC4C6)c3)c2)c1. The van der Waals surface area contributed by atoms with Gasteiger partial charge in [0.15, 0.2) is 5.82 Å². The fourth-order valence-electron chi connectivity index (χ4n) is 17.6. The average molecular weight is 1250 g/mol. The van der Waals surface area contributed by atoms with Crippen LogP contribution in [0.5, 0.6) is 0 Å². The summed E-state index contributed by atoms with van der Waals surface area (Å²) in [6, 6.07) is 110. The van der Waals surface area contributed by atoms with Crippen molar-refractivity contribution in [3.05, 3.63) is 297 Å². The Morgan fingerprint density at radius 1 is 0.340 bits per heavy atom. The Bertz CT molecular complexity index is 4950. The first-order valence-corrected chi connectivity index (χ1v) is 37.0. The van der Waals surface area contributed by atoms with Gasteiger partial charge in [-0.3, -0.25) is 9.13 Å². The molecule has 3 saturated carbocycles. The molecule has 3 aliphatic carbocycles. The van der Waals surface area contributed by atoms with E-state index in [2.05, 4.69) is 317 Å². The topological polar surface area (TPSA) is 55.0 Å². The van der Waals surface area contributed by atoms with Crippen LogP contribution in [0.3, 0.4) is 0 Å². The van der Waals surface area contributed by atoms with Crippen molar-refractivity contribution in [2.75, 3.05) is 9.80 Å². The third kappa shape index (κ3) is 8.69. The van der Waals surface area contributed by atoms with Crippen LogP contribution in [0, 0.1) is 11.8 Å². The van der Waals surface area contributed by atoms with Crippen molar-refractivity contribution in [2.24, 2.45) is 11.8 Å². The molecule has 0 N–H and O–H groups in total. The minimum Gasteiger partial charge on any atom is -0.365 e. The molecule has 20 rings (SSSR count). The maximum atomic E-state index is 5.94. The van der Waals surface area contributed by atoms with E-state index in [9.17, 15) is 0 Å². The molecule has 4 bridgehead atoms. The number of benzene rings is 11. The summed E-state index contributed by atoms with van der Waals surface area (Å²) in [5.74, 6) is 3.37. The first-order valence-electron chi connectivity index (χ1n) is 33.7. The van der Waals surface area contributed by atoms with Crippen molar-refractivity contribution in [3.8, 4) is 23.3 Å². The van der Waals surface area contributed by atoms with Crippen LogP contribution in [0.15, 0.2) is 336 Å². The van der Waals surface area contributed by atoms with E-state index in [1.165, 1.54) is 82.6 Å². The minimum atomic E-state index is -2.43. The minimum absolute atomic E-state index is 0.363. The molecule has 14 aromatic rings. The van der Waals surface area contributed by atoms with Gasteiger partial charge in [0.2, 0.25) is 11.9 Å². The molecule has 11 aromatic carbocycles. The quantitative estimate of drug-likeness (QED) is 0.108. The van der Waals surface area contributed by atoms with Gasteiger partial charge in [0, 0.05) is 95.8 Å². The third-order valence-electron chi connectivity index (χ3n) is 21.4. The smallest absolute Gasteiger partial charge is 0.240 e. The van der Waals surface area contributed by atoms with E-state index in [0.29, 0.717) is 41.9 Å². The fourth-order valence-corrected chi connectivity index (χ4v) is 25.6. The van der Waals surface area contributed by atoms with Crippen molar-refractivity contribution in [1.82, 2.24) is 24.1 Å². The molecule has 5 fully saturated rings. The highest BCUT2D eigenvalue weighted by Crippen LogP contribution is 2.78. The zero-order valence-electron chi connectivity index (χ0n) is 52.6. The van der Waals surface area contributed by atoms with Gasteiger partial charge in [-0.1, -0.05) is 164 Å². The summed E-state index contributed by atoms with van der Waals surface area (Å²) in [7, 11) is -4.85. The largest absolute Gasteiger partial charge is 0.365 e. The first-order chi connectivity index (χ1) is 46.5. The second-order valence-electron chi connectivity index (χ2n) is 26.8. The lowest BCUT2D eigenvalue weighted by molar-refractivity contribution is 0.0899. The zero-order valence-corrected chi connectivity index (χ0v) is 54.2. The Kier molecular flexibility index (Phi) is 13.1. The van der Waals surface area contributed by atoms with E-state index in [4.69, 9.17) is 15.0 Å². The number of piperidine rings is 2. The molecule has 3 aromatic heterocycles. The van der Waals surface area contributed by atoms with E-state index in [1.54, 1.807) is 5.57 Å². The number of nitrogens with zero attached hydrogens (tertiary/aromatic N) is 7. The molecule has 94 heavy (non-hydrogen) atoms. The predicted molar refractivity (Wildman–Crippen MR) is 387 cm³/mol. The Balaban J connectivity index is 0.962. The summed E-state index contributed by atoms with van der Waals surface area (Å²) < 4.78 is 4.53. The Hall–Kier alpha value is -9.93. The van der Waals surface area contributed by atoms with Crippen LogP contribution < -0.4 is 9.80 Å². The molecule has 2 unspecified atom stereocenters. The lowest BCUT2D eigenvalue weighted by Gasteiger charge is -2.57. The Labute approximate surface area is 552 Å². The fraction of sp³-hybridized carbons (Fsp3) is 0.165. The molecular formula is C85H71N7S2. The monoisotopic (exact) mass is 1250 g/mol. The van der Waals surface area contributed by atoms with Crippen LogP contribution in [0.25, 0.3) is 66.9 Å². The molecule has 6 aliphatic rings. The highest BCUT2D eigenvalue weighted by molar-refractivity contribution is 8.34. The van der Waals surface area contributed by atoms with Gasteiger partial charge < -0.3 is 9.80 Å². The van der Waals surface area contributed by atoms with Gasteiger partial charge >= 0.3 is 0 Å². The average Bonchev–Trinajstić information content (AvgIpc) is 1.09. The zero-order chi connectivity index (χ0) is 62.1. The lowest BCUT2D eigenvalue weighted by Crippen LogP contribution is -2.58. The maximum absolute atomic E-state index is 5.94. The van der Waals surface area contributed by atoms with Gasteiger partial charge in [0.25, 0.3) is 0 Å². The maximum Gasteiger partial charge on any atom is 0.240 e. The van der Waals surface area contributed by atoms with Crippen molar-refractivity contribution in [2.45, 2.75) is 115 Å². The van der Waals surface area contributed by atoms with Crippen molar-refractivity contribution < 1.29 is 0 Å². The molecule has 6 heterocycles. The normalized spacial score (nSPS) is 20.2. The van der Waals surface area contributed by atoms with Crippen molar-refractivity contribution in [3.63, 3.8) is 0 Å². The molecular weight excluding hydrogens is 1180 g/mol. The molecule has 3 aliphatic heterocycles. The molecule has 0 amide bonds. The number of rotatable bonds is 13. The second kappa shape index (κ2) is 22.1. The summed E-state index contributed by atoms with van der Waals surface area (Å²) >= 11 is 0. The van der Waals surface area contributed by atoms with Gasteiger partial charge in [-0.05, 0) is 197 Å². The number of fused-ring (bicyclic) bond motifs is 7. The van der Waals surface area contributed by atoms with Crippen LogP contribution in [0.1, 0.15) is 51.9 Å². The number of aromatic nitrogens is 5.